The van der Waals surface area contributed by atoms with Crippen molar-refractivity contribution in [2.75, 3.05) is 13.1 Å². The highest BCUT2D eigenvalue weighted by Gasteiger charge is 2.16. The molecule has 1 heterocycles. The first-order chi connectivity index (χ1) is 7.34. The molecule has 1 atom stereocenters. The zero-order valence-corrected chi connectivity index (χ0v) is 8.70. The lowest BCUT2D eigenvalue weighted by molar-refractivity contribution is -0.121. The third kappa shape index (κ3) is 3.06. The molecule has 0 aliphatic carbocycles. The van der Waals surface area contributed by atoms with Crippen LogP contribution in [0.2, 0.25) is 0 Å². The number of hydrogen-bond donors (Lipinski definition) is 2. The van der Waals surface area contributed by atoms with E-state index >= 15 is 0 Å². The van der Waals surface area contributed by atoms with Crippen LogP contribution in [0.1, 0.15) is 12.0 Å². The van der Waals surface area contributed by atoms with Gasteiger partial charge in [0.2, 0.25) is 5.91 Å². The monoisotopic (exact) mass is 204 g/mol. The van der Waals surface area contributed by atoms with Gasteiger partial charge in [0.25, 0.3) is 0 Å². The highest BCUT2D eigenvalue weighted by molar-refractivity contribution is 5.76. The highest BCUT2D eigenvalue weighted by atomic mass is 16.1. The van der Waals surface area contributed by atoms with Crippen LogP contribution in [0, 0.1) is 0 Å². The van der Waals surface area contributed by atoms with Crippen LogP contribution >= 0.6 is 0 Å². The fraction of sp³-hybridized carbons (Fsp3) is 0.417. The minimum absolute atomic E-state index is 0.154. The Morgan fingerprint density at radius 2 is 2.00 bits per heavy atom. The third-order valence-corrected chi connectivity index (χ3v) is 2.64. The predicted octanol–water partition coefficient (Wildman–Crippen LogP) is 0.707. The quantitative estimate of drug-likeness (QED) is 0.745. The zero-order chi connectivity index (χ0) is 10.5. The standard InChI is InChI=1S/C12H16N2O/c15-12-9-11(13-6-7-14-12)8-10-4-2-1-3-5-10/h1-5,11,13H,6-9H2,(H,14,15). The van der Waals surface area contributed by atoms with Gasteiger partial charge in [-0.1, -0.05) is 30.3 Å². The molecule has 1 aromatic carbocycles. The van der Waals surface area contributed by atoms with Gasteiger partial charge >= 0.3 is 0 Å². The number of hydrogen-bond acceptors (Lipinski definition) is 2. The lowest BCUT2D eigenvalue weighted by atomic mass is 10.0. The molecule has 0 bridgehead atoms. The number of rotatable bonds is 2. The van der Waals surface area contributed by atoms with Crippen LogP contribution in [-0.4, -0.2) is 25.0 Å². The molecule has 1 fully saturated rings. The second-order valence-corrected chi connectivity index (χ2v) is 3.89. The summed E-state index contributed by atoms with van der Waals surface area (Å²) >= 11 is 0. The van der Waals surface area contributed by atoms with E-state index in [2.05, 4.69) is 22.8 Å². The first kappa shape index (κ1) is 10.2. The maximum absolute atomic E-state index is 11.3. The fourth-order valence-electron chi connectivity index (χ4n) is 1.89. The summed E-state index contributed by atoms with van der Waals surface area (Å²) in [5, 5.41) is 6.24. The molecule has 3 heteroatoms. The maximum Gasteiger partial charge on any atom is 0.221 e. The molecule has 2 N–H and O–H groups in total. The summed E-state index contributed by atoms with van der Waals surface area (Å²) in [4.78, 5) is 11.3. The first-order valence-corrected chi connectivity index (χ1v) is 5.38. The second-order valence-electron chi connectivity index (χ2n) is 3.89. The van der Waals surface area contributed by atoms with Crippen molar-refractivity contribution in [3.8, 4) is 0 Å². The minimum atomic E-state index is 0.154. The van der Waals surface area contributed by atoms with E-state index < -0.39 is 0 Å². The lowest BCUT2D eigenvalue weighted by Gasteiger charge is -2.14. The van der Waals surface area contributed by atoms with Crippen LogP contribution in [0.15, 0.2) is 30.3 Å². The van der Waals surface area contributed by atoms with Crippen LogP contribution < -0.4 is 10.6 Å². The van der Waals surface area contributed by atoms with Gasteiger partial charge < -0.3 is 10.6 Å². The minimum Gasteiger partial charge on any atom is -0.355 e. The predicted molar refractivity (Wildman–Crippen MR) is 59.6 cm³/mol. The molecule has 0 aromatic heterocycles. The van der Waals surface area contributed by atoms with Gasteiger partial charge in [-0.05, 0) is 12.0 Å². The molecule has 1 unspecified atom stereocenters. The van der Waals surface area contributed by atoms with Gasteiger partial charge in [0.05, 0.1) is 0 Å². The summed E-state index contributed by atoms with van der Waals surface area (Å²) in [5.74, 6) is 0.154. The van der Waals surface area contributed by atoms with Crippen molar-refractivity contribution in [2.45, 2.75) is 18.9 Å². The first-order valence-electron chi connectivity index (χ1n) is 5.38. The number of carbonyl (C=O) groups is 1. The number of carbonyl (C=O) groups excluding carboxylic acids is 1. The molecule has 3 nitrogen and oxygen atoms in total. The molecule has 0 spiro atoms. The van der Waals surface area contributed by atoms with E-state index in [4.69, 9.17) is 0 Å². The van der Waals surface area contributed by atoms with E-state index in [9.17, 15) is 4.79 Å². The van der Waals surface area contributed by atoms with Crippen molar-refractivity contribution in [1.29, 1.82) is 0 Å². The fourth-order valence-corrected chi connectivity index (χ4v) is 1.89. The van der Waals surface area contributed by atoms with Gasteiger partial charge in [0.1, 0.15) is 0 Å². The molecule has 1 aliphatic rings. The molecule has 1 aromatic rings. The Labute approximate surface area is 89.9 Å². The summed E-state index contributed by atoms with van der Waals surface area (Å²) in [6, 6.07) is 10.6. The Kier molecular flexibility index (Phi) is 3.35. The van der Waals surface area contributed by atoms with Crippen molar-refractivity contribution < 1.29 is 4.79 Å². The summed E-state index contributed by atoms with van der Waals surface area (Å²) in [6.07, 6.45) is 1.50. The number of benzene rings is 1. The molecule has 1 aliphatic heterocycles. The Balaban J connectivity index is 1.96. The summed E-state index contributed by atoms with van der Waals surface area (Å²) in [5.41, 5.74) is 1.28. The van der Waals surface area contributed by atoms with Crippen molar-refractivity contribution >= 4 is 5.91 Å². The highest BCUT2D eigenvalue weighted by Crippen LogP contribution is 2.06. The molecular formula is C12H16N2O. The van der Waals surface area contributed by atoms with E-state index in [1.54, 1.807) is 0 Å². The van der Waals surface area contributed by atoms with Gasteiger partial charge in [0, 0.05) is 25.6 Å². The van der Waals surface area contributed by atoms with Gasteiger partial charge in [-0.15, -0.1) is 0 Å². The van der Waals surface area contributed by atoms with Crippen LogP contribution in [0.4, 0.5) is 0 Å². The molecule has 1 saturated heterocycles. The van der Waals surface area contributed by atoms with Gasteiger partial charge in [-0.3, -0.25) is 4.79 Å². The van der Waals surface area contributed by atoms with Gasteiger partial charge in [-0.25, -0.2) is 0 Å². The Bertz CT molecular complexity index is 324. The summed E-state index contributed by atoms with van der Waals surface area (Å²) < 4.78 is 0. The maximum atomic E-state index is 11.3. The summed E-state index contributed by atoms with van der Waals surface area (Å²) in [7, 11) is 0. The Morgan fingerprint density at radius 1 is 1.20 bits per heavy atom. The van der Waals surface area contributed by atoms with Gasteiger partial charge in [-0.2, -0.15) is 0 Å². The SMILES string of the molecule is O=C1CC(Cc2ccccc2)NCCN1. The van der Waals surface area contributed by atoms with E-state index in [0.29, 0.717) is 6.42 Å². The van der Waals surface area contributed by atoms with Crippen LogP contribution in [-0.2, 0) is 11.2 Å². The van der Waals surface area contributed by atoms with E-state index in [1.807, 2.05) is 18.2 Å². The molecule has 0 saturated carbocycles. The van der Waals surface area contributed by atoms with E-state index in [1.165, 1.54) is 5.56 Å². The Morgan fingerprint density at radius 3 is 2.80 bits per heavy atom. The smallest absolute Gasteiger partial charge is 0.221 e. The summed E-state index contributed by atoms with van der Waals surface area (Å²) in [6.45, 7) is 1.60. The average Bonchev–Trinajstić information content (AvgIpc) is 2.44. The Hall–Kier alpha value is -1.35. The zero-order valence-electron chi connectivity index (χ0n) is 8.70. The van der Waals surface area contributed by atoms with Crippen molar-refractivity contribution in [1.82, 2.24) is 10.6 Å². The van der Waals surface area contributed by atoms with Crippen LogP contribution in [0.5, 0.6) is 0 Å². The van der Waals surface area contributed by atoms with E-state index in [-0.39, 0.29) is 11.9 Å². The second kappa shape index (κ2) is 4.94. The topological polar surface area (TPSA) is 41.1 Å². The number of nitrogens with one attached hydrogen (secondary N) is 2. The molecule has 80 valence electrons. The molecule has 15 heavy (non-hydrogen) atoms. The van der Waals surface area contributed by atoms with Crippen molar-refractivity contribution in [2.24, 2.45) is 0 Å². The molecule has 2 rings (SSSR count). The van der Waals surface area contributed by atoms with Crippen LogP contribution in [0.3, 0.4) is 0 Å². The third-order valence-electron chi connectivity index (χ3n) is 2.64. The van der Waals surface area contributed by atoms with E-state index in [0.717, 1.165) is 19.5 Å². The van der Waals surface area contributed by atoms with Gasteiger partial charge in [0.15, 0.2) is 0 Å². The molecular weight excluding hydrogens is 188 g/mol. The van der Waals surface area contributed by atoms with Crippen LogP contribution in [0.25, 0.3) is 0 Å². The molecule has 1 amide bonds. The van der Waals surface area contributed by atoms with Crippen molar-refractivity contribution in [3.63, 3.8) is 0 Å². The number of amides is 1. The lowest BCUT2D eigenvalue weighted by Crippen LogP contribution is -2.31. The normalized spacial score (nSPS) is 21.9. The molecule has 0 radical (unpaired) electrons. The largest absolute Gasteiger partial charge is 0.355 e. The van der Waals surface area contributed by atoms with Crippen molar-refractivity contribution in [3.05, 3.63) is 35.9 Å². The average molecular weight is 204 g/mol.